The minimum absolute atomic E-state index is 0.607. The third kappa shape index (κ3) is 2.36. The van der Waals surface area contributed by atoms with Gasteiger partial charge in [-0.1, -0.05) is 45.2 Å². The van der Waals surface area contributed by atoms with Gasteiger partial charge < -0.3 is 0 Å². The van der Waals surface area contributed by atoms with Crippen LogP contribution in [0, 0.1) is 0 Å². The average Bonchev–Trinajstić information content (AvgIpc) is 2.65. The Bertz CT molecular complexity index is 482. The fraction of sp³-hybridized carbons (Fsp3) is 0.100. The first kappa shape index (κ1) is 11.0. The molecule has 0 aliphatic rings. The van der Waals surface area contributed by atoms with Gasteiger partial charge >= 0.3 is 0 Å². The summed E-state index contributed by atoms with van der Waals surface area (Å²) in [7, 11) is 0. The topological polar surface area (TPSA) is 17.8 Å². The second-order valence-electron chi connectivity index (χ2n) is 3.01. The number of hydrogen-bond acceptors (Lipinski definition) is 1. The fourth-order valence-electron chi connectivity index (χ4n) is 1.23. The standard InChI is InChI=1S/C10H7BrCl2N2/c11-4-7-1-2-9(3-10(7)13)15-6-8(12)5-14-15/h1-3,5-6H,4H2. The summed E-state index contributed by atoms with van der Waals surface area (Å²) < 4.78 is 1.69. The molecule has 0 bridgehead atoms. The molecule has 0 aliphatic carbocycles. The van der Waals surface area contributed by atoms with Gasteiger partial charge in [0, 0.05) is 16.5 Å². The van der Waals surface area contributed by atoms with Crippen LogP contribution in [0.3, 0.4) is 0 Å². The van der Waals surface area contributed by atoms with E-state index in [9.17, 15) is 0 Å². The van der Waals surface area contributed by atoms with E-state index in [1.807, 2.05) is 18.2 Å². The third-order valence-corrected chi connectivity index (χ3v) is 3.15. The number of halogens is 3. The predicted octanol–water partition coefficient (Wildman–Crippen LogP) is 4.07. The van der Waals surface area contributed by atoms with Crippen LogP contribution in [0.4, 0.5) is 0 Å². The number of benzene rings is 1. The van der Waals surface area contributed by atoms with Gasteiger partial charge in [-0.15, -0.1) is 0 Å². The molecular formula is C10H7BrCl2N2. The molecular weight excluding hydrogens is 299 g/mol. The van der Waals surface area contributed by atoms with Crippen LogP contribution in [0.1, 0.15) is 5.56 Å². The molecule has 0 N–H and O–H groups in total. The highest BCUT2D eigenvalue weighted by Crippen LogP contribution is 2.22. The molecule has 0 saturated carbocycles. The molecule has 2 nitrogen and oxygen atoms in total. The highest BCUT2D eigenvalue weighted by molar-refractivity contribution is 9.08. The summed E-state index contributed by atoms with van der Waals surface area (Å²) in [5, 5.41) is 6.16. The lowest BCUT2D eigenvalue weighted by Crippen LogP contribution is -1.94. The summed E-state index contributed by atoms with van der Waals surface area (Å²) in [5.41, 5.74) is 1.95. The van der Waals surface area contributed by atoms with Gasteiger partial charge in [-0.3, -0.25) is 0 Å². The zero-order valence-electron chi connectivity index (χ0n) is 7.62. The van der Waals surface area contributed by atoms with Gasteiger partial charge in [0.05, 0.1) is 16.9 Å². The largest absolute Gasteiger partial charge is 0.239 e. The van der Waals surface area contributed by atoms with Crippen molar-refractivity contribution in [2.45, 2.75) is 5.33 Å². The molecule has 0 radical (unpaired) electrons. The van der Waals surface area contributed by atoms with E-state index in [0.717, 1.165) is 21.6 Å². The van der Waals surface area contributed by atoms with Crippen molar-refractivity contribution in [1.82, 2.24) is 9.78 Å². The first-order valence-electron chi connectivity index (χ1n) is 4.25. The maximum Gasteiger partial charge on any atom is 0.0790 e. The van der Waals surface area contributed by atoms with Crippen LogP contribution < -0.4 is 0 Å². The number of alkyl halides is 1. The highest BCUT2D eigenvalue weighted by Gasteiger charge is 2.03. The van der Waals surface area contributed by atoms with E-state index in [1.54, 1.807) is 17.1 Å². The van der Waals surface area contributed by atoms with E-state index in [1.165, 1.54) is 0 Å². The summed E-state index contributed by atoms with van der Waals surface area (Å²) >= 11 is 15.2. The molecule has 0 atom stereocenters. The van der Waals surface area contributed by atoms with Crippen LogP contribution >= 0.6 is 39.1 Å². The molecule has 1 aromatic heterocycles. The van der Waals surface area contributed by atoms with Crippen molar-refractivity contribution in [3.05, 3.63) is 46.2 Å². The van der Waals surface area contributed by atoms with Gasteiger partial charge in [0.2, 0.25) is 0 Å². The fourth-order valence-corrected chi connectivity index (χ4v) is 2.26. The number of rotatable bonds is 2. The molecule has 0 fully saturated rings. The Balaban J connectivity index is 2.42. The lowest BCUT2D eigenvalue weighted by molar-refractivity contribution is 0.880. The van der Waals surface area contributed by atoms with Gasteiger partial charge in [-0.2, -0.15) is 5.10 Å². The van der Waals surface area contributed by atoms with Crippen molar-refractivity contribution < 1.29 is 0 Å². The molecule has 2 aromatic rings. The molecule has 0 spiro atoms. The SMILES string of the molecule is Clc1cnn(-c2ccc(CBr)c(Cl)c2)c1. The van der Waals surface area contributed by atoms with E-state index < -0.39 is 0 Å². The molecule has 0 aliphatic heterocycles. The normalized spacial score (nSPS) is 10.6. The van der Waals surface area contributed by atoms with E-state index in [-0.39, 0.29) is 0 Å². The Kier molecular flexibility index (Phi) is 3.34. The van der Waals surface area contributed by atoms with Crippen LogP contribution in [-0.2, 0) is 5.33 Å². The van der Waals surface area contributed by atoms with Crippen LogP contribution in [0.2, 0.25) is 10.0 Å². The molecule has 1 aromatic carbocycles. The van der Waals surface area contributed by atoms with Gasteiger partial charge in [0.25, 0.3) is 0 Å². The van der Waals surface area contributed by atoms with Crippen molar-refractivity contribution in [2.75, 3.05) is 0 Å². The van der Waals surface area contributed by atoms with Crippen molar-refractivity contribution in [1.29, 1.82) is 0 Å². The third-order valence-electron chi connectivity index (χ3n) is 2.00. The van der Waals surface area contributed by atoms with E-state index in [2.05, 4.69) is 21.0 Å². The molecule has 0 saturated heterocycles. The first-order chi connectivity index (χ1) is 7.20. The van der Waals surface area contributed by atoms with Gasteiger partial charge in [-0.05, 0) is 17.7 Å². The smallest absolute Gasteiger partial charge is 0.0790 e. The molecule has 2 rings (SSSR count). The summed E-state index contributed by atoms with van der Waals surface area (Å²) in [6.07, 6.45) is 3.33. The summed E-state index contributed by atoms with van der Waals surface area (Å²) in [4.78, 5) is 0. The van der Waals surface area contributed by atoms with Gasteiger partial charge in [-0.25, -0.2) is 4.68 Å². The Labute approximate surface area is 106 Å². The molecule has 5 heteroatoms. The number of hydrogen-bond donors (Lipinski definition) is 0. The van der Waals surface area contributed by atoms with Crippen molar-refractivity contribution in [3.63, 3.8) is 0 Å². The van der Waals surface area contributed by atoms with Crippen LogP contribution in [-0.4, -0.2) is 9.78 Å². The van der Waals surface area contributed by atoms with E-state index >= 15 is 0 Å². The highest BCUT2D eigenvalue weighted by atomic mass is 79.9. The maximum absolute atomic E-state index is 6.08. The second kappa shape index (κ2) is 4.56. The van der Waals surface area contributed by atoms with E-state index in [4.69, 9.17) is 23.2 Å². The molecule has 0 amide bonds. The van der Waals surface area contributed by atoms with Crippen molar-refractivity contribution in [3.8, 4) is 5.69 Å². The van der Waals surface area contributed by atoms with Gasteiger partial charge in [0.1, 0.15) is 0 Å². The Morgan fingerprint density at radius 2 is 2.13 bits per heavy atom. The first-order valence-corrected chi connectivity index (χ1v) is 6.13. The van der Waals surface area contributed by atoms with Crippen LogP contribution in [0.5, 0.6) is 0 Å². The summed E-state index contributed by atoms with van der Waals surface area (Å²) in [6, 6.07) is 5.77. The lowest BCUT2D eigenvalue weighted by Gasteiger charge is -2.04. The Morgan fingerprint density at radius 3 is 2.67 bits per heavy atom. The quantitative estimate of drug-likeness (QED) is 0.765. The Morgan fingerprint density at radius 1 is 1.33 bits per heavy atom. The number of aromatic nitrogens is 2. The number of nitrogens with zero attached hydrogens (tertiary/aromatic N) is 2. The predicted molar refractivity (Wildman–Crippen MR) is 66.2 cm³/mol. The van der Waals surface area contributed by atoms with Crippen LogP contribution in [0.25, 0.3) is 5.69 Å². The lowest BCUT2D eigenvalue weighted by atomic mass is 10.2. The van der Waals surface area contributed by atoms with E-state index in [0.29, 0.717) is 5.02 Å². The monoisotopic (exact) mass is 304 g/mol. The molecule has 15 heavy (non-hydrogen) atoms. The Hall–Kier alpha value is -0.510. The molecule has 1 heterocycles. The minimum atomic E-state index is 0.607. The molecule has 78 valence electrons. The van der Waals surface area contributed by atoms with Crippen molar-refractivity contribution >= 4 is 39.1 Å². The second-order valence-corrected chi connectivity index (χ2v) is 4.42. The zero-order valence-corrected chi connectivity index (χ0v) is 10.7. The maximum atomic E-state index is 6.08. The minimum Gasteiger partial charge on any atom is -0.239 e. The van der Waals surface area contributed by atoms with Crippen LogP contribution in [0.15, 0.2) is 30.6 Å². The van der Waals surface area contributed by atoms with Gasteiger partial charge in [0.15, 0.2) is 0 Å². The molecule has 0 unspecified atom stereocenters. The summed E-state index contributed by atoms with van der Waals surface area (Å²) in [5.74, 6) is 0. The zero-order chi connectivity index (χ0) is 10.8. The van der Waals surface area contributed by atoms with Crippen molar-refractivity contribution in [2.24, 2.45) is 0 Å². The summed E-state index contributed by atoms with van der Waals surface area (Å²) in [6.45, 7) is 0. The average molecular weight is 306 g/mol.